The number of nitrogens with two attached hydrogens (primary N) is 1. The number of amides is 1. The zero-order valence-corrected chi connectivity index (χ0v) is 15.8. The normalized spacial score (nSPS) is 32.5. The van der Waals surface area contributed by atoms with E-state index in [9.17, 15) is 4.79 Å². The van der Waals surface area contributed by atoms with Crippen molar-refractivity contribution in [2.45, 2.75) is 51.0 Å². The van der Waals surface area contributed by atoms with Crippen LogP contribution < -0.4 is 5.73 Å². The molecule has 3 unspecified atom stereocenters. The van der Waals surface area contributed by atoms with Crippen molar-refractivity contribution in [2.75, 3.05) is 33.7 Å². The maximum Gasteiger partial charge on any atom is 0.227 e. The van der Waals surface area contributed by atoms with Crippen LogP contribution in [0.3, 0.4) is 0 Å². The highest BCUT2D eigenvalue weighted by molar-refractivity contribution is 5.85. The van der Waals surface area contributed by atoms with E-state index in [-0.39, 0.29) is 42.2 Å². The molecule has 132 valence electrons. The number of carbonyl (C=O) groups excluding carboxylic acids is 1. The van der Waals surface area contributed by atoms with E-state index in [1.807, 2.05) is 11.9 Å². The molecule has 1 heterocycles. The van der Waals surface area contributed by atoms with Crippen LogP contribution in [-0.2, 0) is 4.79 Å². The number of halogens is 2. The lowest BCUT2D eigenvalue weighted by atomic mass is 9.74. The van der Waals surface area contributed by atoms with Crippen molar-refractivity contribution in [3.05, 3.63) is 0 Å². The van der Waals surface area contributed by atoms with Gasteiger partial charge in [-0.3, -0.25) is 4.79 Å². The van der Waals surface area contributed by atoms with Crippen molar-refractivity contribution in [1.29, 1.82) is 0 Å². The molecule has 2 rings (SSSR count). The Hall–Kier alpha value is -0.0300. The average molecular weight is 354 g/mol. The van der Waals surface area contributed by atoms with Crippen molar-refractivity contribution in [3.8, 4) is 0 Å². The van der Waals surface area contributed by atoms with Crippen LogP contribution in [0.25, 0.3) is 0 Å². The largest absolute Gasteiger partial charge is 0.345 e. The lowest BCUT2D eigenvalue weighted by Gasteiger charge is -2.40. The van der Waals surface area contributed by atoms with E-state index < -0.39 is 0 Å². The molecule has 0 radical (unpaired) electrons. The summed E-state index contributed by atoms with van der Waals surface area (Å²) in [6.45, 7) is 5.24. The van der Waals surface area contributed by atoms with Gasteiger partial charge in [0.05, 0.1) is 5.92 Å². The highest BCUT2D eigenvalue weighted by Crippen LogP contribution is 2.33. The van der Waals surface area contributed by atoms with Crippen LogP contribution in [0.1, 0.15) is 45.4 Å². The molecule has 0 aromatic rings. The van der Waals surface area contributed by atoms with Gasteiger partial charge in [0.1, 0.15) is 0 Å². The minimum Gasteiger partial charge on any atom is -0.345 e. The summed E-state index contributed by atoms with van der Waals surface area (Å²) >= 11 is 0. The second kappa shape index (κ2) is 9.31. The van der Waals surface area contributed by atoms with E-state index in [1.165, 1.54) is 19.4 Å². The fourth-order valence-electron chi connectivity index (χ4n) is 3.93. The molecule has 1 aliphatic carbocycles. The summed E-state index contributed by atoms with van der Waals surface area (Å²) in [5.41, 5.74) is 6.05. The molecular weight excluding hydrogens is 321 g/mol. The molecule has 1 saturated heterocycles. The van der Waals surface area contributed by atoms with Gasteiger partial charge in [-0.15, -0.1) is 24.8 Å². The number of piperidine rings is 1. The van der Waals surface area contributed by atoms with Crippen LogP contribution in [0, 0.1) is 11.8 Å². The smallest absolute Gasteiger partial charge is 0.227 e. The summed E-state index contributed by atoms with van der Waals surface area (Å²) in [7, 11) is 4.13. The fraction of sp³-hybridized carbons (Fsp3) is 0.938. The Labute approximate surface area is 148 Å². The first kappa shape index (κ1) is 22.0. The predicted octanol–water partition coefficient (Wildman–Crippen LogP) is 2.54. The van der Waals surface area contributed by atoms with Gasteiger partial charge in [-0.1, -0.05) is 12.8 Å². The van der Waals surface area contributed by atoms with Crippen LogP contribution >= 0.6 is 24.8 Å². The number of likely N-dealkylation sites (tertiary alicyclic amines) is 1. The van der Waals surface area contributed by atoms with Gasteiger partial charge < -0.3 is 15.5 Å². The van der Waals surface area contributed by atoms with Gasteiger partial charge in [0.15, 0.2) is 0 Å². The van der Waals surface area contributed by atoms with E-state index >= 15 is 0 Å². The quantitative estimate of drug-likeness (QED) is 0.847. The summed E-state index contributed by atoms with van der Waals surface area (Å²) in [4.78, 5) is 17.0. The van der Waals surface area contributed by atoms with Gasteiger partial charge in [-0.2, -0.15) is 0 Å². The lowest BCUT2D eigenvalue weighted by Crippen LogP contribution is -2.54. The summed E-state index contributed by atoms with van der Waals surface area (Å²) in [6, 6.07) is 0. The van der Waals surface area contributed by atoms with E-state index in [1.54, 1.807) is 0 Å². The first-order valence-electron chi connectivity index (χ1n) is 8.12. The highest BCUT2D eigenvalue weighted by atomic mass is 35.5. The molecule has 0 aromatic heterocycles. The number of hydrogen-bond acceptors (Lipinski definition) is 3. The number of rotatable bonds is 3. The zero-order valence-electron chi connectivity index (χ0n) is 14.2. The third kappa shape index (κ3) is 5.55. The second-order valence-electron chi connectivity index (χ2n) is 7.29. The molecule has 3 atom stereocenters. The van der Waals surface area contributed by atoms with E-state index in [2.05, 4.69) is 18.9 Å². The Balaban J connectivity index is 0.00000220. The topological polar surface area (TPSA) is 49.6 Å². The molecule has 1 amide bonds. The molecule has 6 heteroatoms. The van der Waals surface area contributed by atoms with E-state index in [0.717, 1.165) is 38.8 Å². The van der Waals surface area contributed by atoms with Crippen LogP contribution in [0.2, 0.25) is 0 Å². The summed E-state index contributed by atoms with van der Waals surface area (Å²) in [5, 5.41) is 0. The molecule has 2 fully saturated rings. The van der Waals surface area contributed by atoms with Gasteiger partial charge in [0.2, 0.25) is 5.91 Å². The van der Waals surface area contributed by atoms with E-state index in [0.29, 0.717) is 5.92 Å². The molecule has 4 nitrogen and oxygen atoms in total. The monoisotopic (exact) mass is 353 g/mol. The zero-order chi connectivity index (χ0) is 14.8. The Morgan fingerprint density at radius 1 is 1.27 bits per heavy atom. The molecule has 0 spiro atoms. The third-order valence-electron chi connectivity index (χ3n) is 5.18. The Morgan fingerprint density at radius 2 is 1.95 bits per heavy atom. The van der Waals surface area contributed by atoms with Crippen molar-refractivity contribution in [3.63, 3.8) is 0 Å². The van der Waals surface area contributed by atoms with Crippen molar-refractivity contribution in [1.82, 2.24) is 9.80 Å². The average Bonchev–Trinajstić information content (AvgIpc) is 2.37. The Kier molecular flexibility index (Phi) is 9.30. The summed E-state index contributed by atoms with van der Waals surface area (Å²) in [5.74, 6) is 0.904. The minimum atomic E-state index is -0.313. The molecule has 22 heavy (non-hydrogen) atoms. The van der Waals surface area contributed by atoms with Gasteiger partial charge in [-0.25, -0.2) is 0 Å². The molecule has 0 bridgehead atoms. The molecule has 2 N–H and O–H groups in total. The Bertz CT molecular complexity index is 352. The van der Waals surface area contributed by atoms with Crippen molar-refractivity contribution < 1.29 is 4.79 Å². The second-order valence-corrected chi connectivity index (χ2v) is 7.29. The summed E-state index contributed by atoms with van der Waals surface area (Å²) in [6.07, 6.45) is 6.73. The third-order valence-corrected chi connectivity index (χ3v) is 5.18. The van der Waals surface area contributed by atoms with Crippen molar-refractivity contribution in [2.24, 2.45) is 17.6 Å². The minimum absolute atomic E-state index is 0. The molecule has 0 aromatic carbocycles. The highest BCUT2D eigenvalue weighted by Gasteiger charge is 2.39. The maximum absolute atomic E-state index is 12.7. The standard InChI is InChI=1S/C16H31N3O.2ClH/c1-16(17)9-5-4-8-14(16)15(20)19(3)12-13-7-6-10-18(2)11-13;;/h13-14H,4-12,17H2,1-3H3;2*1H. The Morgan fingerprint density at radius 3 is 2.55 bits per heavy atom. The molecule has 1 aliphatic heterocycles. The lowest BCUT2D eigenvalue weighted by molar-refractivity contribution is -0.138. The molecule has 1 saturated carbocycles. The van der Waals surface area contributed by atoms with Gasteiger partial charge in [0, 0.05) is 25.7 Å². The summed E-state index contributed by atoms with van der Waals surface area (Å²) < 4.78 is 0. The molecule has 2 aliphatic rings. The fourth-order valence-corrected chi connectivity index (χ4v) is 3.93. The number of carbonyl (C=O) groups is 1. The van der Waals surface area contributed by atoms with Crippen molar-refractivity contribution >= 4 is 30.7 Å². The van der Waals surface area contributed by atoms with Gasteiger partial charge >= 0.3 is 0 Å². The maximum atomic E-state index is 12.7. The SMILES string of the molecule is CN1CCCC(CN(C)C(=O)C2CCCCC2(C)N)C1.Cl.Cl. The molecular formula is C16H33Cl2N3O. The first-order chi connectivity index (χ1) is 9.40. The predicted molar refractivity (Wildman–Crippen MR) is 96.9 cm³/mol. The van der Waals surface area contributed by atoms with Gasteiger partial charge in [0.25, 0.3) is 0 Å². The number of nitrogens with zero attached hydrogens (tertiary/aromatic N) is 2. The first-order valence-corrected chi connectivity index (χ1v) is 8.12. The van der Waals surface area contributed by atoms with E-state index in [4.69, 9.17) is 5.73 Å². The van der Waals surface area contributed by atoms with Crippen LogP contribution in [0.4, 0.5) is 0 Å². The van der Waals surface area contributed by atoms with Crippen LogP contribution in [0.5, 0.6) is 0 Å². The number of hydrogen-bond donors (Lipinski definition) is 1. The van der Waals surface area contributed by atoms with Crippen LogP contribution in [-0.4, -0.2) is 55.0 Å². The van der Waals surface area contributed by atoms with Gasteiger partial charge in [-0.05, 0) is 52.1 Å². The van der Waals surface area contributed by atoms with Crippen LogP contribution in [0.15, 0.2) is 0 Å².